The lowest BCUT2D eigenvalue weighted by Gasteiger charge is -2.18. The molecule has 0 saturated heterocycles. The number of carbonyl (C=O) groups is 3. The van der Waals surface area contributed by atoms with Crippen molar-refractivity contribution in [2.75, 3.05) is 13.2 Å². The molecule has 0 aromatic carbocycles. The summed E-state index contributed by atoms with van der Waals surface area (Å²) < 4.78 is 16.7. The molecule has 0 aromatic heterocycles. The van der Waals surface area contributed by atoms with Gasteiger partial charge in [-0.3, -0.25) is 14.4 Å². The van der Waals surface area contributed by atoms with Crippen LogP contribution in [0, 0.1) is 0 Å². The van der Waals surface area contributed by atoms with Crippen LogP contribution in [-0.2, 0) is 28.6 Å². The Morgan fingerprint density at radius 3 is 0.921 bits per heavy atom. The molecule has 0 aliphatic rings. The smallest absolute Gasteiger partial charge is 0.306 e. The highest BCUT2D eigenvalue weighted by atomic mass is 16.6. The van der Waals surface area contributed by atoms with Crippen LogP contribution in [0.15, 0.2) is 109 Å². The molecular weight excluding hydrogens is 781 g/mol. The molecular formula is C57H92O6. The highest BCUT2D eigenvalue weighted by Gasteiger charge is 2.19. The fraction of sp³-hybridized carbons (Fsp3) is 0.632. The quantitative estimate of drug-likeness (QED) is 0.0263. The van der Waals surface area contributed by atoms with E-state index in [4.69, 9.17) is 14.2 Å². The first kappa shape index (κ1) is 59.1. The van der Waals surface area contributed by atoms with Gasteiger partial charge < -0.3 is 14.2 Å². The molecule has 0 aliphatic heterocycles. The first-order chi connectivity index (χ1) is 31.0. The second-order valence-corrected chi connectivity index (χ2v) is 16.3. The van der Waals surface area contributed by atoms with E-state index in [1.54, 1.807) is 0 Å². The third-order valence-electron chi connectivity index (χ3n) is 10.3. The summed E-state index contributed by atoms with van der Waals surface area (Å²) in [7, 11) is 0. The van der Waals surface area contributed by atoms with Crippen LogP contribution in [0.2, 0.25) is 0 Å². The Morgan fingerprint density at radius 2 is 0.571 bits per heavy atom. The first-order valence-electron chi connectivity index (χ1n) is 25.4. The Hall–Kier alpha value is -3.93. The lowest BCUT2D eigenvalue weighted by molar-refractivity contribution is -0.167. The van der Waals surface area contributed by atoms with Crippen LogP contribution in [0.3, 0.4) is 0 Å². The molecule has 1 unspecified atom stereocenters. The van der Waals surface area contributed by atoms with Crippen molar-refractivity contribution in [2.45, 2.75) is 219 Å². The van der Waals surface area contributed by atoms with E-state index < -0.39 is 6.10 Å². The summed E-state index contributed by atoms with van der Waals surface area (Å²) in [5.41, 5.74) is 0. The van der Waals surface area contributed by atoms with Crippen molar-refractivity contribution in [1.82, 2.24) is 0 Å². The molecule has 0 spiro atoms. The Labute approximate surface area is 387 Å². The van der Waals surface area contributed by atoms with Gasteiger partial charge in [-0.25, -0.2) is 0 Å². The number of rotatable bonds is 44. The topological polar surface area (TPSA) is 78.9 Å². The van der Waals surface area contributed by atoms with Gasteiger partial charge in [0.2, 0.25) is 0 Å². The number of hydrogen-bond acceptors (Lipinski definition) is 6. The van der Waals surface area contributed by atoms with Gasteiger partial charge in [-0.1, -0.05) is 188 Å². The Kier molecular flexibility index (Phi) is 47.5. The molecule has 6 nitrogen and oxygen atoms in total. The van der Waals surface area contributed by atoms with Crippen LogP contribution < -0.4 is 0 Å². The van der Waals surface area contributed by atoms with E-state index in [0.717, 1.165) is 128 Å². The van der Waals surface area contributed by atoms with E-state index in [1.807, 2.05) is 0 Å². The number of carbonyl (C=O) groups excluding carboxylic acids is 3. The van der Waals surface area contributed by atoms with Crippen LogP contribution in [0.1, 0.15) is 213 Å². The zero-order chi connectivity index (χ0) is 45.8. The van der Waals surface area contributed by atoms with E-state index in [-0.39, 0.29) is 37.5 Å². The maximum Gasteiger partial charge on any atom is 0.306 e. The zero-order valence-corrected chi connectivity index (χ0v) is 40.5. The minimum absolute atomic E-state index is 0.104. The Morgan fingerprint density at radius 1 is 0.317 bits per heavy atom. The molecule has 0 saturated carbocycles. The second kappa shape index (κ2) is 50.7. The molecule has 0 fully saturated rings. The maximum atomic E-state index is 12.8. The van der Waals surface area contributed by atoms with Gasteiger partial charge in [-0.15, -0.1) is 0 Å². The molecule has 0 rings (SSSR count). The van der Waals surface area contributed by atoms with Gasteiger partial charge in [0.15, 0.2) is 6.10 Å². The fourth-order valence-corrected chi connectivity index (χ4v) is 6.54. The summed E-state index contributed by atoms with van der Waals surface area (Å²) in [5.74, 6) is -0.980. The lowest BCUT2D eigenvalue weighted by atomic mass is 10.1. The number of allylic oxidation sites excluding steroid dienone is 18. The SMILES string of the molecule is CC/C=C\C/C=C\C/C=C\CCCCCCCCCCCC(=O)OCC(COC(=O)CCCC/C=C\C/C=C\C/C=C\CC)OC(=O)CCCCCC/C=C\C/C=C\C/C=C\CC. The summed E-state index contributed by atoms with van der Waals surface area (Å²) in [6.07, 6.45) is 67.9. The third kappa shape index (κ3) is 49.0. The standard InChI is InChI=1S/C57H92O6/c1-4-7-10-13-16-19-22-25-27-28-29-30-31-33-35-38-41-44-47-50-56(59)62-53-54(52-61-55(58)49-46-43-40-37-34-24-21-18-15-12-9-6-3)63-57(60)51-48-45-42-39-36-32-26-23-20-17-14-11-8-5-2/h7-12,16-21,25-27,32,34,37,54H,4-6,13-15,22-24,28-31,33,35-36,38-53H2,1-3H3/b10-7-,11-8-,12-9-,19-16-,20-17-,21-18-,27-25-,32-26-,37-34-. The molecule has 0 radical (unpaired) electrons. The van der Waals surface area contributed by atoms with Crippen molar-refractivity contribution in [1.29, 1.82) is 0 Å². The van der Waals surface area contributed by atoms with E-state index in [2.05, 4.69) is 130 Å². The van der Waals surface area contributed by atoms with Gasteiger partial charge in [0, 0.05) is 19.3 Å². The highest BCUT2D eigenvalue weighted by Crippen LogP contribution is 2.13. The predicted molar refractivity (Wildman–Crippen MR) is 270 cm³/mol. The van der Waals surface area contributed by atoms with Crippen molar-refractivity contribution in [3.05, 3.63) is 109 Å². The summed E-state index contributed by atoms with van der Waals surface area (Å²) in [4.78, 5) is 37.9. The van der Waals surface area contributed by atoms with Crippen molar-refractivity contribution in [3.63, 3.8) is 0 Å². The number of unbranched alkanes of at least 4 members (excludes halogenated alkanes) is 15. The van der Waals surface area contributed by atoms with Gasteiger partial charge >= 0.3 is 17.9 Å². The maximum absolute atomic E-state index is 12.8. The molecule has 1 atom stereocenters. The van der Waals surface area contributed by atoms with E-state index in [1.165, 1.54) is 44.9 Å². The molecule has 0 aromatic rings. The largest absolute Gasteiger partial charge is 0.462 e. The van der Waals surface area contributed by atoms with E-state index in [9.17, 15) is 14.4 Å². The Bertz CT molecular complexity index is 1330. The van der Waals surface area contributed by atoms with Crippen LogP contribution in [0.25, 0.3) is 0 Å². The molecule has 0 aliphatic carbocycles. The van der Waals surface area contributed by atoms with Crippen molar-refractivity contribution >= 4 is 17.9 Å². The second-order valence-electron chi connectivity index (χ2n) is 16.3. The molecule has 63 heavy (non-hydrogen) atoms. The van der Waals surface area contributed by atoms with Crippen molar-refractivity contribution in [2.24, 2.45) is 0 Å². The Balaban J connectivity index is 4.44. The minimum atomic E-state index is -0.808. The molecule has 6 heteroatoms. The zero-order valence-electron chi connectivity index (χ0n) is 40.5. The van der Waals surface area contributed by atoms with Gasteiger partial charge in [0.25, 0.3) is 0 Å². The minimum Gasteiger partial charge on any atom is -0.462 e. The van der Waals surface area contributed by atoms with E-state index >= 15 is 0 Å². The highest BCUT2D eigenvalue weighted by molar-refractivity contribution is 5.71. The normalized spacial score (nSPS) is 13.0. The number of hydrogen-bond donors (Lipinski definition) is 0. The monoisotopic (exact) mass is 873 g/mol. The van der Waals surface area contributed by atoms with Crippen LogP contribution in [-0.4, -0.2) is 37.2 Å². The van der Waals surface area contributed by atoms with Crippen LogP contribution in [0.5, 0.6) is 0 Å². The van der Waals surface area contributed by atoms with Gasteiger partial charge in [0.1, 0.15) is 13.2 Å². The van der Waals surface area contributed by atoms with Crippen molar-refractivity contribution < 1.29 is 28.6 Å². The molecule has 0 bridgehead atoms. The van der Waals surface area contributed by atoms with E-state index in [0.29, 0.717) is 12.8 Å². The molecule has 356 valence electrons. The van der Waals surface area contributed by atoms with Crippen molar-refractivity contribution in [3.8, 4) is 0 Å². The summed E-state index contributed by atoms with van der Waals surface area (Å²) >= 11 is 0. The fourth-order valence-electron chi connectivity index (χ4n) is 6.54. The number of ether oxygens (including phenoxy) is 3. The summed E-state index contributed by atoms with van der Waals surface area (Å²) in [6.45, 7) is 6.22. The third-order valence-corrected chi connectivity index (χ3v) is 10.3. The summed E-state index contributed by atoms with van der Waals surface area (Å²) in [6, 6.07) is 0. The van der Waals surface area contributed by atoms with Crippen LogP contribution in [0.4, 0.5) is 0 Å². The number of esters is 3. The molecule has 0 heterocycles. The predicted octanol–water partition coefficient (Wildman–Crippen LogP) is 16.8. The van der Waals surface area contributed by atoms with Gasteiger partial charge in [0.05, 0.1) is 0 Å². The van der Waals surface area contributed by atoms with Crippen LogP contribution >= 0.6 is 0 Å². The van der Waals surface area contributed by atoms with Gasteiger partial charge in [-0.2, -0.15) is 0 Å². The average molecular weight is 873 g/mol. The summed E-state index contributed by atoms with van der Waals surface area (Å²) in [5, 5.41) is 0. The van der Waals surface area contributed by atoms with Gasteiger partial charge in [-0.05, 0) is 116 Å². The lowest BCUT2D eigenvalue weighted by Crippen LogP contribution is -2.30. The molecule has 0 amide bonds. The average Bonchev–Trinajstić information content (AvgIpc) is 3.28. The first-order valence-corrected chi connectivity index (χ1v) is 25.4. The molecule has 0 N–H and O–H groups in total.